The summed E-state index contributed by atoms with van der Waals surface area (Å²) < 4.78 is 0. The van der Waals surface area contributed by atoms with Crippen molar-refractivity contribution in [3.8, 4) is 0 Å². The van der Waals surface area contributed by atoms with Gasteiger partial charge in [-0.3, -0.25) is 0 Å². The average molecular weight is 289 g/mol. The average Bonchev–Trinajstić information content (AvgIpc) is 2.70. The van der Waals surface area contributed by atoms with Crippen molar-refractivity contribution in [1.82, 2.24) is 10.2 Å². The van der Waals surface area contributed by atoms with Gasteiger partial charge in [-0.05, 0) is 57.8 Å². The Kier molecular flexibility index (Phi) is 9.10. The normalized spacial score (nSPS) is 25.9. The Labute approximate surface area is 126 Å². The van der Waals surface area contributed by atoms with Crippen LogP contribution in [0.25, 0.3) is 0 Å². The van der Waals surface area contributed by atoms with Gasteiger partial charge < -0.3 is 10.2 Å². The highest BCUT2D eigenvalue weighted by Crippen LogP contribution is 2.27. The Balaban J connectivity index is 0.00000180. The first-order valence-electron chi connectivity index (χ1n) is 8.35. The van der Waals surface area contributed by atoms with E-state index in [-0.39, 0.29) is 12.4 Å². The van der Waals surface area contributed by atoms with E-state index in [1.807, 2.05) is 0 Å². The third-order valence-corrected chi connectivity index (χ3v) is 5.02. The van der Waals surface area contributed by atoms with Crippen molar-refractivity contribution in [2.75, 3.05) is 26.2 Å². The van der Waals surface area contributed by atoms with Crippen LogP contribution in [0.5, 0.6) is 0 Å². The summed E-state index contributed by atoms with van der Waals surface area (Å²) in [5, 5.41) is 3.53. The second kappa shape index (κ2) is 10.0. The van der Waals surface area contributed by atoms with Gasteiger partial charge in [0, 0.05) is 6.04 Å². The Hall–Kier alpha value is 0.210. The SMILES string of the molecule is CCN(CCC1CCCCC1)C1CCCNCC1.Cl. The molecule has 114 valence electrons. The molecule has 1 atom stereocenters. The fraction of sp³-hybridized carbons (Fsp3) is 1.00. The van der Waals surface area contributed by atoms with Crippen molar-refractivity contribution in [1.29, 1.82) is 0 Å². The molecule has 0 radical (unpaired) electrons. The van der Waals surface area contributed by atoms with Crippen LogP contribution in [0, 0.1) is 5.92 Å². The van der Waals surface area contributed by atoms with Gasteiger partial charge in [0.1, 0.15) is 0 Å². The molecule has 2 fully saturated rings. The molecule has 1 aliphatic heterocycles. The molecule has 2 rings (SSSR count). The highest BCUT2D eigenvalue weighted by Gasteiger charge is 2.20. The van der Waals surface area contributed by atoms with Crippen molar-refractivity contribution < 1.29 is 0 Å². The minimum atomic E-state index is 0. The van der Waals surface area contributed by atoms with Gasteiger partial charge in [0.25, 0.3) is 0 Å². The maximum absolute atomic E-state index is 3.53. The third kappa shape index (κ3) is 6.01. The highest BCUT2D eigenvalue weighted by molar-refractivity contribution is 5.85. The first kappa shape index (κ1) is 17.3. The van der Waals surface area contributed by atoms with Crippen molar-refractivity contribution in [2.45, 2.75) is 70.8 Å². The lowest BCUT2D eigenvalue weighted by atomic mass is 9.87. The Morgan fingerprint density at radius 3 is 2.47 bits per heavy atom. The van der Waals surface area contributed by atoms with Crippen LogP contribution in [0.1, 0.15) is 64.7 Å². The zero-order valence-electron chi connectivity index (χ0n) is 12.7. The molecular weight excluding hydrogens is 256 g/mol. The summed E-state index contributed by atoms with van der Waals surface area (Å²) in [5.74, 6) is 1.04. The lowest BCUT2D eigenvalue weighted by Crippen LogP contribution is -2.37. The topological polar surface area (TPSA) is 15.3 Å². The Morgan fingerprint density at radius 1 is 0.947 bits per heavy atom. The molecule has 0 aromatic rings. The van der Waals surface area contributed by atoms with Crippen LogP contribution in [0.3, 0.4) is 0 Å². The molecule has 3 heteroatoms. The molecule has 1 saturated heterocycles. The summed E-state index contributed by atoms with van der Waals surface area (Å²) >= 11 is 0. The van der Waals surface area contributed by atoms with Crippen LogP contribution < -0.4 is 5.32 Å². The molecular formula is C16H33ClN2. The summed E-state index contributed by atoms with van der Waals surface area (Å²) in [6.45, 7) is 7.41. The molecule has 1 saturated carbocycles. The van der Waals surface area contributed by atoms with Crippen LogP contribution >= 0.6 is 12.4 Å². The maximum atomic E-state index is 3.53. The minimum absolute atomic E-state index is 0. The number of hydrogen-bond acceptors (Lipinski definition) is 2. The van der Waals surface area contributed by atoms with E-state index in [0.717, 1.165) is 12.0 Å². The fourth-order valence-corrected chi connectivity index (χ4v) is 3.79. The summed E-state index contributed by atoms with van der Waals surface area (Å²) in [5.41, 5.74) is 0. The van der Waals surface area contributed by atoms with E-state index < -0.39 is 0 Å². The number of hydrogen-bond donors (Lipinski definition) is 1. The molecule has 1 unspecified atom stereocenters. The molecule has 2 aliphatic rings. The lowest BCUT2D eigenvalue weighted by molar-refractivity contribution is 0.170. The standard InChI is InChI=1S/C16H32N2.ClH/c1-2-18(16-9-6-12-17-13-10-16)14-11-15-7-4-3-5-8-15;/h15-17H,2-14H2,1H3;1H. The van der Waals surface area contributed by atoms with Crippen molar-refractivity contribution in [2.24, 2.45) is 5.92 Å². The predicted molar refractivity (Wildman–Crippen MR) is 86.2 cm³/mol. The Morgan fingerprint density at radius 2 is 1.74 bits per heavy atom. The molecule has 19 heavy (non-hydrogen) atoms. The third-order valence-electron chi connectivity index (χ3n) is 5.02. The van der Waals surface area contributed by atoms with Gasteiger partial charge in [0.15, 0.2) is 0 Å². The minimum Gasteiger partial charge on any atom is -0.317 e. The van der Waals surface area contributed by atoms with Crippen LogP contribution in [0.4, 0.5) is 0 Å². The molecule has 0 amide bonds. The lowest BCUT2D eigenvalue weighted by Gasteiger charge is -2.32. The molecule has 0 spiro atoms. The van der Waals surface area contributed by atoms with E-state index in [0.29, 0.717) is 0 Å². The Bertz CT molecular complexity index is 209. The fourth-order valence-electron chi connectivity index (χ4n) is 3.79. The molecule has 0 bridgehead atoms. The number of rotatable bonds is 5. The van der Waals surface area contributed by atoms with Gasteiger partial charge in [0.2, 0.25) is 0 Å². The van der Waals surface area contributed by atoms with E-state index in [1.54, 1.807) is 0 Å². The van der Waals surface area contributed by atoms with E-state index in [2.05, 4.69) is 17.1 Å². The summed E-state index contributed by atoms with van der Waals surface area (Å²) in [7, 11) is 0. The van der Waals surface area contributed by atoms with Gasteiger partial charge in [-0.15, -0.1) is 12.4 Å². The number of nitrogens with one attached hydrogen (secondary N) is 1. The van der Waals surface area contributed by atoms with E-state index in [9.17, 15) is 0 Å². The van der Waals surface area contributed by atoms with Gasteiger partial charge in [-0.25, -0.2) is 0 Å². The first-order chi connectivity index (χ1) is 8.90. The van der Waals surface area contributed by atoms with E-state index in [4.69, 9.17) is 0 Å². The summed E-state index contributed by atoms with van der Waals surface area (Å²) in [6.07, 6.45) is 13.1. The molecule has 2 nitrogen and oxygen atoms in total. The van der Waals surface area contributed by atoms with Crippen LogP contribution in [-0.4, -0.2) is 37.1 Å². The number of halogens is 1. The van der Waals surface area contributed by atoms with Crippen LogP contribution in [-0.2, 0) is 0 Å². The van der Waals surface area contributed by atoms with Crippen molar-refractivity contribution in [3.63, 3.8) is 0 Å². The first-order valence-corrected chi connectivity index (χ1v) is 8.35. The molecule has 0 aromatic carbocycles. The number of nitrogens with zero attached hydrogens (tertiary/aromatic N) is 1. The van der Waals surface area contributed by atoms with E-state index >= 15 is 0 Å². The monoisotopic (exact) mass is 288 g/mol. The quantitative estimate of drug-likeness (QED) is 0.827. The molecule has 0 aromatic heterocycles. The largest absolute Gasteiger partial charge is 0.317 e. The van der Waals surface area contributed by atoms with Gasteiger partial charge in [-0.2, -0.15) is 0 Å². The molecule has 1 aliphatic carbocycles. The zero-order valence-corrected chi connectivity index (χ0v) is 13.5. The second-order valence-corrected chi connectivity index (χ2v) is 6.26. The van der Waals surface area contributed by atoms with Gasteiger partial charge >= 0.3 is 0 Å². The van der Waals surface area contributed by atoms with Crippen LogP contribution in [0.2, 0.25) is 0 Å². The molecule has 1 N–H and O–H groups in total. The molecule has 1 heterocycles. The van der Waals surface area contributed by atoms with Crippen LogP contribution in [0.15, 0.2) is 0 Å². The van der Waals surface area contributed by atoms with Crippen molar-refractivity contribution >= 4 is 12.4 Å². The maximum Gasteiger partial charge on any atom is 0.0108 e. The van der Waals surface area contributed by atoms with E-state index in [1.165, 1.54) is 84.0 Å². The summed E-state index contributed by atoms with van der Waals surface area (Å²) in [6, 6.07) is 0.855. The van der Waals surface area contributed by atoms with Gasteiger partial charge in [0.05, 0.1) is 0 Å². The predicted octanol–water partition coefficient (Wildman–Crippen LogP) is 3.84. The zero-order chi connectivity index (χ0) is 12.6. The van der Waals surface area contributed by atoms with Gasteiger partial charge in [-0.1, -0.05) is 39.0 Å². The smallest absolute Gasteiger partial charge is 0.0108 e. The summed E-state index contributed by atoms with van der Waals surface area (Å²) in [4.78, 5) is 2.77. The van der Waals surface area contributed by atoms with Crippen molar-refractivity contribution in [3.05, 3.63) is 0 Å². The highest BCUT2D eigenvalue weighted by atomic mass is 35.5. The second-order valence-electron chi connectivity index (χ2n) is 6.26.